The van der Waals surface area contributed by atoms with Gasteiger partial charge >= 0.3 is 0 Å². The molecular weight excluding hydrogens is 242 g/mol. The van der Waals surface area contributed by atoms with Crippen LogP contribution in [0.3, 0.4) is 0 Å². The Kier molecular flexibility index (Phi) is 2.99. The number of sulfonamides is 1. The van der Waals surface area contributed by atoms with Gasteiger partial charge in [-0.2, -0.15) is 10.2 Å². The third-order valence-electron chi connectivity index (χ3n) is 2.35. The normalized spacial score (nSPS) is 11.9. The van der Waals surface area contributed by atoms with Crippen LogP contribution >= 0.6 is 0 Å². The van der Waals surface area contributed by atoms with Crippen molar-refractivity contribution in [3.05, 3.63) is 29.8 Å². The lowest BCUT2D eigenvalue weighted by molar-refractivity contribution is 0.581. The number of aryl methyl sites for hydroxylation is 2. The van der Waals surface area contributed by atoms with Crippen LogP contribution in [0.25, 0.3) is 0 Å². The van der Waals surface area contributed by atoms with E-state index in [1.807, 2.05) is 6.92 Å². The molecule has 2 aromatic rings. The highest BCUT2D eigenvalue weighted by Crippen LogP contribution is 2.08. The van der Waals surface area contributed by atoms with E-state index in [0.29, 0.717) is 0 Å². The second-order valence-corrected chi connectivity index (χ2v) is 5.44. The predicted octanol–water partition coefficient (Wildman–Crippen LogP) is -0.0699. The molecule has 2 rings (SSSR count). The second-order valence-electron chi connectivity index (χ2n) is 3.67. The Labute approximate surface area is 98.9 Å². The van der Waals surface area contributed by atoms with Crippen LogP contribution in [0, 0.1) is 6.92 Å². The first-order chi connectivity index (χ1) is 7.99. The monoisotopic (exact) mass is 255 g/mol. The Bertz CT molecular complexity index is 599. The van der Waals surface area contributed by atoms with Gasteiger partial charge in [0.1, 0.15) is 4.90 Å². The van der Waals surface area contributed by atoms with Crippen molar-refractivity contribution < 1.29 is 8.42 Å². The zero-order valence-electron chi connectivity index (χ0n) is 9.51. The second kappa shape index (κ2) is 4.30. The van der Waals surface area contributed by atoms with Crippen molar-refractivity contribution in [2.24, 2.45) is 7.05 Å². The summed E-state index contributed by atoms with van der Waals surface area (Å²) in [4.78, 5) is 0.124. The fraction of sp³-hybridized carbons (Fsp3) is 0.333. The summed E-state index contributed by atoms with van der Waals surface area (Å²) in [6.45, 7) is 2.05. The van der Waals surface area contributed by atoms with Crippen molar-refractivity contribution >= 4 is 10.0 Å². The van der Waals surface area contributed by atoms with Gasteiger partial charge in [0.2, 0.25) is 10.0 Å². The molecule has 17 heavy (non-hydrogen) atoms. The van der Waals surface area contributed by atoms with Crippen LogP contribution in [0.4, 0.5) is 0 Å². The minimum Gasteiger partial charge on any atom is -0.284 e. The maximum Gasteiger partial charge on any atom is 0.243 e. The van der Waals surface area contributed by atoms with Gasteiger partial charge < -0.3 is 0 Å². The highest BCUT2D eigenvalue weighted by Gasteiger charge is 2.15. The van der Waals surface area contributed by atoms with Crippen LogP contribution in [-0.4, -0.2) is 28.4 Å². The molecule has 0 aliphatic carbocycles. The maximum atomic E-state index is 11.8. The van der Waals surface area contributed by atoms with E-state index in [4.69, 9.17) is 0 Å². The van der Waals surface area contributed by atoms with Gasteiger partial charge in [-0.05, 0) is 6.92 Å². The number of nitrogens with one attached hydrogen (secondary N) is 2. The lowest BCUT2D eigenvalue weighted by atomic mass is 10.3. The van der Waals surface area contributed by atoms with Gasteiger partial charge in [0.25, 0.3) is 0 Å². The first-order valence-corrected chi connectivity index (χ1v) is 6.45. The Morgan fingerprint density at radius 2 is 2.29 bits per heavy atom. The third-order valence-corrected chi connectivity index (χ3v) is 3.72. The zero-order valence-corrected chi connectivity index (χ0v) is 10.3. The van der Waals surface area contributed by atoms with Gasteiger partial charge in [0.05, 0.1) is 11.9 Å². The largest absolute Gasteiger partial charge is 0.284 e. The van der Waals surface area contributed by atoms with Crippen LogP contribution < -0.4 is 4.72 Å². The van der Waals surface area contributed by atoms with E-state index >= 15 is 0 Å². The fourth-order valence-electron chi connectivity index (χ4n) is 1.46. The Morgan fingerprint density at radius 3 is 2.82 bits per heavy atom. The number of aromatic amines is 1. The molecule has 0 fully saturated rings. The summed E-state index contributed by atoms with van der Waals surface area (Å²) in [7, 11) is -1.71. The van der Waals surface area contributed by atoms with E-state index in [0.717, 1.165) is 11.3 Å². The molecule has 0 spiro atoms. The Hall–Kier alpha value is -1.67. The zero-order chi connectivity index (χ0) is 12.5. The summed E-state index contributed by atoms with van der Waals surface area (Å²) < 4.78 is 27.7. The summed E-state index contributed by atoms with van der Waals surface area (Å²) >= 11 is 0. The molecule has 92 valence electrons. The molecule has 2 aromatic heterocycles. The molecule has 0 bridgehead atoms. The first kappa shape index (κ1) is 11.8. The van der Waals surface area contributed by atoms with Gasteiger partial charge in [-0.15, -0.1) is 0 Å². The van der Waals surface area contributed by atoms with E-state index in [1.54, 1.807) is 17.9 Å². The molecule has 0 amide bonds. The summed E-state index contributed by atoms with van der Waals surface area (Å²) in [5.74, 6) is 0. The number of hydrogen-bond donors (Lipinski definition) is 2. The van der Waals surface area contributed by atoms with Crippen LogP contribution in [0.15, 0.2) is 23.5 Å². The van der Waals surface area contributed by atoms with E-state index in [2.05, 4.69) is 20.0 Å². The standard InChI is InChI=1S/C9H13N5O2S/c1-7-8(6-14(2)13-7)3-12-17(15,16)9-4-10-11-5-9/h4-6,12H,3H2,1-2H3,(H,10,11). The van der Waals surface area contributed by atoms with Gasteiger partial charge in [0.15, 0.2) is 0 Å². The quantitative estimate of drug-likeness (QED) is 0.799. The molecule has 0 radical (unpaired) electrons. The van der Waals surface area contributed by atoms with E-state index in [-0.39, 0.29) is 11.4 Å². The van der Waals surface area contributed by atoms with Gasteiger partial charge in [-0.3, -0.25) is 9.78 Å². The molecule has 0 aliphatic heterocycles. The molecule has 0 aliphatic rings. The number of nitrogens with zero attached hydrogens (tertiary/aromatic N) is 3. The molecule has 0 aromatic carbocycles. The van der Waals surface area contributed by atoms with E-state index in [1.165, 1.54) is 12.4 Å². The highest BCUT2D eigenvalue weighted by molar-refractivity contribution is 7.89. The summed E-state index contributed by atoms with van der Waals surface area (Å²) in [5.41, 5.74) is 1.65. The smallest absolute Gasteiger partial charge is 0.243 e. The summed E-state index contributed by atoms with van der Waals surface area (Å²) in [5, 5.41) is 10.2. The van der Waals surface area contributed by atoms with Crippen LogP contribution in [0.5, 0.6) is 0 Å². The predicted molar refractivity (Wildman–Crippen MR) is 60.6 cm³/mol. The van der Waals surface area contributed by atoms with Crippen molar-refractivity contribution in [3.8, 4) is 0 Å². The molecule has 0 saturated heterocycles. The summed E-state index contributed by atoms with van der Waals surface area (Å²) in [6, 6.07) is 0. The lowest BCUT2D eigenvalue weighted by Gasteiger charge is -2.03. The molecular formula is C9H13N5O2S. The van der Waals surface area contributed by atoms with E-state index < -0.39 is 10.0 Å². The molecule has 0 saturated carbocycles. The Morgan fingerprint density at radius 1 is 1.53 bits per heavy atom. The van der Waals surface area contributed by atoms with Crippen molar-refractivity contribution in [2.45, 2.75) is 18.4 Å². The van der Waals surface area contributed by atoms with Crippen molar-refractivity contribution in [3.63, 3.8) is 0 Å². The SMILES string of the molecule is Cc1nn(C)cc1CNS(=O)(=O)c1cn[nH]c1. The molecule has 7 nitrogen and oxygen atoms in total. The molecule has 2 heterocycles. The number of H-pyrrole nitrogens is 1. The van der Waals surface area contributed by atoms with Gasteiger partial charge in [0, 0.05) is 31.5 Å². The van der Waals surface area contributed by atoms with Gasteiger partial charge in [-0.25, -0.2) is 13.1 Å². The fourth-order valence-corrected chi connectivity index (χ4v) is 2.38. The molecule has 2 N–H and O–H groups in total. The first-order valence-electron chi connectivity index (χ1n) is 4.96. The number of rotatable bonds is 4. The minimum absolute atomic E-state index is 0.124. The molecule has 8 heteroatoms. The van der Waals surface area contributed by atoms with Gasteiger partial charge in [-0.1, -0.05) is 0 Å². The highest BCUT2D eigenvalue weighted by atomic mass is 32.2. The average Bonchev–Trinajstić information content (AvgIpc) is 2.85. The molecule has 0 atom stereocenters. The Balaban J connectivity index is 2.11. The number of aromatic nitrogens is 4. The van der Waals surface area contributed by atoms with Crippen LogP contribution in [-0.2, 0) is 23.6 Å². The minimum atomic E-state index is -3.50. The van der Waals surface area contributed by atoms with Crippen LogP contribution in [0.2, 0.25) is 0 Å². The third kappa shape index (κ3) is 2.53. The average molecular weight is 255 g/mol. The van der Waals surface area contributed by atoms with Crippen molar-refractivity contribution in [2.75, 3.05) is 0 Å². The lowest BCUT2D eigenvalue weighted by Crippen LogP contribution is -2.23. The number of hydrogen-bond acceptors (Lipinski definition) is 4. The van der Waals surface area contributed by atoms with Crippen molar-refractivity contribution in [1.82, 2.24) is 24.7 Å². The van der Waals surface area contributed by atoms with E-state index in [9.17, 15) is 8.42 Å². The van der Waals surface area contributed by atoms with Crippen LogP contribution in [0.1, 0.15) is 11.3 Å². The molecule has 0 unspecified atom stereocenters. The van der Waals surface area contributed by atoms with Crippen molar-refractivity contribution in [1.29, 1.82) is 0 Å². The topological polar surface area (TPSA) is 92.7 Å². The maximum absolute atomic E-state index is 11.8. The summed E-state index contributed by atoms with van der Waals surface area (Å²) in [6.07, 6.45) is 4.38.